The zero-order valence-electron chi connectivity index (χ0n) is 13.6. The van der Waals surface area contributed by atoms with Crippen molar-refractivity contribution in [3.8, 4) is 0 Å². The Morgan fingerprint density at radius 3 is 2.38 bits per heavy atom. The van der Waals surface area contributed by atoms with Gasteiger partial charge in [0.2, 0.25) is 0 Å². The van der Waals surface area contributed by atoms with Gasteiger partial charge >= 0.3 is 6.03 Å². The number of aryl methyl sites for hydroxylation is 1. The highest BCUT2D eigenvalue weighted by Gasteiger charge is 2.37. The van der Waals surface area contributed by atoms with Gasteiger partial charge in [-0.2, -0.15) is 0 Å². The highest BCUT2D eigenvalue weighted by molar-refractivity contribution is 7.98. The van der Waals surface area contributed by atoms with Gasteiger partial charge in [-0.1, -0.05) is 42.5 Å². The van der Waals surface area contributed by atoms with Crippen LogP contribution < -0.4 is 5.32 Å². The second-order valence-electron chi connectivity index (χ2n) is 5.80. The van der Waals surface area contributed by atoms with Crippen LogP contribution in [0, 0.1) is 0 Å². The van der Waals surface area contributed by atoms with Crippen molar-refractivity contribution in [3.63, 3.8) is 0 Å². The van der Waals surface area contributed by atoms with E-state index in [-0.39, 0.29) is 11.9 Å². The lowest BCUT2D eigenvalue weighted by Gasteiger charge is -2.13. The average molecular weight is 340 g/mol. The van der Waals surface area contributed by atoms with Crippen LogP contribution in [0.15, 0.2) is 59.5 Å². The minimum atomic E-state index is -0.428. The number of nitrogens with one attached hydrogen (secondary N) is 1. The third kappa shape index (κ3) is 3.79. The van der Waals surface area contributed by atoms with Crippen LogP contribution in [-0.4, -0.2) is 29.1 Å². The summed E-state index contributed by atoms with van der Waals surface area (Å²) in [5, 5.41) is 2.80. The lowest BCUT2D eigenvalue weighted by atomic mass is 10.1. The van der Waals surface area contributed by atoms with E-state index < -0.39 is 6.04 Å². The molecule has 0 saturated carbocycles. The van der Waals surface area contributed by atoms with Crippen molar-refractivity contribution >= 4 is 23.7 Å². The zero-order chi connectivity index (χ0) is 16.9. The summed E-state index contributed by atoms with van der Waals surface area (Å²) in [4.78, 5) is 27.1. The maximum Gasteiger partial charge on any atom is 0.325 e. The van der Waals surface area contributed by atoms with E-state index in [2.05, 4.69) is 5.32 Å². The van der Waals surface area contributed by atoms with Gasteiger partial charge in [-0.15, -0.1) is 11.8 Å². The van der Waals surface area contributed by atoms with Crippen molar-refractivity contribution in [3.05, 3.63) is 65.7 Å². The summed E-state index contributed by atoms with van der Waals surface area (Å²) >= 11 is 1.67. The molecular formula is C19H20N2O2S. The highest BCUT2D eigenvalue weighted by atomic mass is 32.2. The summed E-state index contributed by atoms with van der Waals surface area (Å²) in [5.41, 5.74) is 2.13. The van der Waals surface area contributed by atoms with Gasteiger partial charge in [-0.25, -0.2) is 4.79 Å². The number of rotatable bonds is 6. The highest BCUT2D eigenvalue weighted by Crippen LogP contribution is 2.19. The summed E-state index contributed by atoms with van der Waals surface area (Å²) in [5.74, 6) is -0.134. The minimum Gasteiger partial charge on any atom is -0.326 e. The first-order valence-electron chi connectivity index (χ1n) is 7.96. The fourth-order valence-electron chi connectivity index (χ4n) is 2.79. The molecule has 1 aliphatic rings. The minimum absolute atomic E-state index is 0.134. The number of nitrogens with zero attached hydrogens (tertiary/aromatic N) is 1. The second kappa shape index (κ2) is 7.53. The van der Waals surface area contributed by atoms with Crippen LogP contribution in [-0.2, 0) is 17.8 Å². The number of imide groups is 1. The van der Waals surface area contributed by atoms with Crippen LogP contribution in [0.4, 0.5) is 4.79 Å². The number of urea groups is 1. The van der Waals surface area contributed by atoms with E-state index in [0.29, 0.717) is 13.0 Å². The van der Waals surface area contributed by atoms with Crippen molar-refractivity contribution in [1.29, 1.82) is 0 Å². The van der Waals surface area contributed by atoms with Crippen molar-refractivity contribution in [2.75, 3.05) is 6.26 Å². The summed E-state index contributed by atoms with van der Waals surface area (Å²) in [6, 6.07) is 17.2. The Labute approximate surface area is 146 Å². The molecule has 1 saturated heterocycles. The van der Waals surface area contributed by atoms with Crippen molar-refractivity contribution in [2.24, 2.45) is 0 Å². The van der Waals surface area contributed by atoms with Crippen LogP contribution in [0.5, 0.6) is 0 Å². The Bertz CT molecular complexity index is 716. The summed E-state index contributed by atoms with van der Waals surface area (Å²) < 4.78 is 0. The lowest BCUT2D eigenvalue weighted by Crippen LogP contribution is -2.31. The van der Waals surface area contributed by atoms with E-state index in [1.165, 1.54) is 10.5 Å². The first kappa shape index (κ1) is 16.6. The molecule has 4 nitrogen and oxygen atoms in total. The summed E-state index contributed by atoms with van der Waals surface area (Å²) in [6.45, 7) is 0.321. The van der Waals surface area contributed by atoms with Crippen LogP contribution in [0.3, 0.4) is 0 Å². The second-order valence-corrected chi connectivity index (χ2v) is 6.68. The normalized spacial score (nSPS) is 17.2. The Morgan fingerprint density at radius 2 is 1.71 bits per heavy atom. The number of carbonyl (C=O) groups excluding carboxylic acids is 2. The number of carbonyl (C=O) groups is 2. The van der Waals surface area contributed by atoms with Gasteiger partial charge in [0, 0.05) is 4.90 Å². The first-order chi connectivity index (χ1) is 11.7. The quantitative estimate of drug-likeness (QED) is 0.647. The van der Waals surface area contributed by atoms with Crippen LogP contribution >= 0.6 is 11.8 Å². The van der Waals surface area contributed by atoms with Gasteiger partial charge in [0.1, 0.15) is 6.04 Å². The summed E-state index contributed by atoms with van der Waals surface area (Å²) in [7, 11) is 0. The molecule has 1 atom stereocenters. The predicted molar refractivity (Wildman–Crippen MR) is 95.9 cm³/mol. The van der Waals surface area contributed by atoms with Crippen molar-refractivity contribution in [2.45, 2.75) is 30.3 Å². The molecule has 24 heavy (non-hydrogen) atoms. The van der Waals surface area contributed by atoms with Gasteiger partial charge in [0.25, 0.3) is 5.91 Å². The number of hydrogen-bond acceptors (Lipinski definition) is 3. The average Bonchev–Trinajstić information content (AvgIpc) is 2.89. The standard InChI is InChI=1S/C19H20N2O2S/c1-24-16-10-7-15(8-11-16)13-21-18(22)17(20-19(21)23)12-9-14-5-3-2-4-6-14/h2-8,10-11,17H,9,12-13H2,1H3,(H,20,23). The number of hydrogen-bond donors (Lipinski definition) is 1. The van der Waals surface area contributed by atoms with Crippen LogP contribution in [0.2, 0.25) is 0 Å². The smallest absolute Gasteiger partial charge is 0.325 e. The Kier molecular flexibility index (Phi) is 5.20. The topological polar surface area (TPSA) is 49.4 Å². The van der Waals surface area contributed by atoms with E-state index >= 15 is 0 Å². The van der Waals surface area contributed by atoms with Gasteiger partial charge in [0.05, 0.1) is 6.54 Å². The largest absolute Gasteiger partial charge is 0.326 e. The molecule has 1 aliphatic heterocycles. The molecule has 3 amide bonds. The monoisotopic (exact) mass is 340 g/mol. The third-order valence-electron chi connectivity index (χ3n) is 4.17. The molecule has 0 bridgehead atoms. The van der Waals surface area contributed by atoms with E-state index in [1.807, 2.05) is 60.9 Å². The molecule has 0 radical (unpaired) electrons. The predicted octanol–water partition coefficient (Wildman–Crippen LogP) is 3.46. The Morgan fingerprint density at radius 1 is 1.00 bits per heavy atom. The van der Waals surface area contributed by atoms with Gasteiger partial charge in [-0.3, -0.25) is 9.69 Å². The zero-order valence-corrected chi connectivity index (χ0v) is 14.4. The fourth-order valence-corrected chi connectivity index (χ4v) is 3.20. The molecule has 124 valence electrons. The molecule has 1 fully saturated rings. The van der Waals surface area contributed by atoms with E-state index in [1.54, 1.807) is 11.8 Å². The van der Waals surface area contributed by atoms with Gasteiger partial charge < -0.3 is 5.32 Å². The molecule has 2 aromatic rings. The van der Waals surface area contributed by atoms with Crippen molar-refractivity contribution in [1.82, 2.24) is 10.2 Å². The molecule has 5 heteroatoms. The first-order valence-corrected chi connectivity index (χ1v) is 9.18. The van der Waals surface area contributed by atoms with Gasteiger partial charge in [-0.05, 0) is 42.4 Å². The number of thioether (sulfide) groups is 1. The summed E-state index contributed by atoms with van der Waals surface area (Å²) in [6.07, 6.45) is 3.41. The Hall–Kier alpha value is -2.27. The maximum atomic E-state index is 12.5. The SMILES string of the molecule is CSc1ccc(CN2C(=O)NC(CCc3ccccc3)C2=O)cc1. The molecular weight excluding hydrogens is 320 g/mol. The Balaban J connectivity index is 1.61. The van der Waals surface area contributed by atoms with Crippen LogP contribution in [0.1, 0.15) is 17.5 Å². The number of amides is 3. The molecule has 2 aromatic carbocycles. The number of benzene rings is 2. The van der Waals surface area contributed by atoms with Crippen LogP contribution in [0.25, 0.3) is 0 Å². The molecule has 1 unspecified atom stereocenters. The molecule has 3 rings (SSSR count). The van der Waals surface area contributed by atoms with E-state index in [9.17, 15) is 9.59 Å². The van der Waals surface area contributed by atoms with Crippen molar-refractivity contribution < 1.29 is 9.59 Å². The fraction of sp³-hybridized carbons (Fsp3) is 0.263. The van der Waals surface area contributed by atoms with E-state index in [4.69, 9.17) is 0 Å². The molecule has 1 heterocycles. The van der Waals surface area contributed by atoms with Gasteiger partial charge in [0.15, 0.2) is 0 Å². The molecule has 0 aromatic heterocycles. The molecule has 1 N–H and O–H groups in total. The lowest BCUT2D eigenvalue weighted by molar-refractivity contribution is -0.128. The molecule has 0 spiro atoms. The molecule has 0 aliphatic carbocycles. The van der Waals surface area contributed by atoms with E-state index in [0.717, 1.165) is 16.9 Å². The third-order valence-corrected chi connectivity index (χ3v) is 4.91. The maximum absolute atomic E-state index is 12.5.